The van der Waals surface area contributed by atoms with Gasteiger partial charge in [0.25, 0.3) is 5.91 Å². The Morgan fingerprint density at radius 3 is 2.80 bits per heavy atom. The molecule has 2 amide bonds. The van der Waals surface area contributed by atoms with Gasteiger partial charge in [0.1, 0.15) is 5.82 Å². The van der Waals surface area contributed by atoms with E-state index >= 15 is 0 Å². The topological polar surface area (TPSA) is 62.3 Å². The van der Waals surface area contributed by atoms with Crippen LogP contribution in [0.15, 0.2) is 42.6 Å². The second-order valence-corrected chi connectivity index (χ2v) is 4.66. The highest BCUT2D eigenvalue weighted by atomic mass is 16.2. The summed E-state index contributed by atoms with van der Waals surface area (Å²) in [7, 11) is 1.72. The van der Waals surface area contributed by atoms with Gasteiger partial charge >= 0.3 is 0 Å². The van der Waals surface area contributed by atoms with E-state index in [4.69, 9.17) is 0 Å². The van der Waals surface area contributed by atoms with Crippen LogP contribution in [0.2, 0.25) is 0 Å². The summed E-state index contributed by atoms with van der Waals surface area (Å²) in [4.78, 5) is 29.4. The number of aromatic nitrogens is 1. The third-order valence-electron chi connectivity index (χ3n) is 3.27. The maximum atomic E-state index is 12.4. The van der Waals surface area contributed by atoms with E-state index in [-0.39, 0.29) is 18.2 Å². The molecule has 2 aromatic rings. The van der Waals surface area contributed by atoms with E-state index in [0.717, 1.165) is 11.3 Å². The van der Waals surface area contributed by atoms with Gasteiger partial charge in [0, 0.05) is 24.5 Å². The van der Waals surface area contributed by atoms with Gasteiger partial charge in [-0.1, -0.05) is 18.2 Å². The smallest absolute Gasteiger partial charge is 0.259 e. The Kier molecular flexibility index (Phi) is 2.95. The number of hydrogen-bond donors (Lipinski definition) is 1. The first kappa shape index (κ1) is 12.3. The Bertz CT molecular complexity index is 683. The van der Waals surface area contributed by atoms with Crippen molar-refractivity contribution < 1.29 is 9.59 Å². The summed E-state index contributed by atoms with van der Waals surface area (Å²) in [5.74, 6) is 0.313. The minimum absolute atomic E-state index is 0.0893. The summed E-state index contributed by atoms with van der Waals surface area (Å²) in [5.41, 5.74) is 2.06. The van der Waals surface area contributed by atoms with Crippen LogP contribution < -0.4 is 10.2 Å². The highest BCUT2D eigenvalue weighted by Gasteiger charge is 2.22. The van der Waals surface area contributed by atoms with Crippen LogP contribution in [0.5, 0.6) is 0 Å². The average Bonchev–Trinajstić information content (AvgIpc) is 2.85. The van der Waals surface area contributed by atoms with Gasteiger partial charge in [-0.2, -0.15) is 0 Å². The molecule has 0 saturated heterocycles. The lowest BCUT2D eigenvalue weighted by atomic mass is 10.1. The summed E-state index contributed by atoms with van der Waals surface area (Å²) in [6.07, 6.45) is 1.77. The number of carbonyl (C=O) groups is 2. The Hall–Kier alpha value is -2.69. The molecule has 0 radical (unpaired) electrons. The molecule has 100 valence electrons. The zero-order valence-corrected chi connectivity index (χ0v) is 11.0. The number of benzene rings is 1. The van der Waals surface area contributed by atoms with E-state index in [1.807, 2.05) is 30.3 Å². The van der Waals surface area contributed by atoms with Crippen molar-refractivity contribution in [3.8, 4) is 0 Å². The molecule has 5 heteroatoms. The lowest BCUT2D eigenvalue weighted by Gasteiger charge is -2.17. The first-order valence-corrected chi connectivity index (χ1v) is 6.27. The number of nitrogens with zero attached hydrogens (tertiary/aromatic N) is 2. The van der Waals surface area contributed by atoms with Crippen molar-refractivity contribution in [1.29, 1.82) is 0 Å². The molecule has 0 spiro atoms. The predicted octanol–water partition coefficient (Wildman–Crippen LogP) is 1.85. The third-order valence-corrected chi connectivity index (χ3v) is 3.27. The third kappa shape index (κ3) is 2.14. The van der Waals surface area contributed by atoms with Crippen LogP contribution in [0, 0.1) is 0 Å². The zero-order chi connectivity index (χ0) is 14.1. The largest absolute Gasteiger partial charge is 0.311 e. The summed E-state index contributed by atoms with van der Waals surface area (Å²) >= 11 is 0. The van der Waals surface area contributed by atoms with Crippen LogP contribution >= 0.6 is 0 Å². The molecule has 5 nitrogen and oxygen atoms in total. The Morgan fingerprint density at radius 2 is 2.05 bits per heavy atom. The first-order chi connectivity index (χ1) is 9.65. The Balaban J connectivity index is 1.88. The van der Waals surface area contributed by atoms with Gasteiger partial charge in [-0.15, -0.1) is 0 Å². The lowest BCUT2D eigenvalue weighted by molar-refractivity contribution is -0.115. The second kappa shape index (κ2) is 4.77. The number of fused-ring (bicyclic) bond motifs is 1. The first-order valence-electron chi connectivity index (χ1n) is 6.27. The monoisotopic (exact) mass is 267 g/mol. The number of nitrogens with one attached hydrogen (secondary N) is 1. The van der Waals surface area contributed by atoms with Crippen molar-refractivity contribution in [3.63, 3.8) is 0 Å². The summed E-state index contributed by atoms with van der Waals surface area (Å²) < 4.78 is 0. The van der Waals surface area contributed by atoms with E-state index in [1.54, 1.807) is 18.0 Å². The molecule has 2 heterocycles. The summed E-state index contributed by atoms with van der Waals surface area (Å²) in [6, 6.07) is 11.1. The quantitative estimate of drug-likeness (QED) is 0.903. The number of amides is 2. The Morgan fingerprint density at radius 1 is 1.30 bits per heavy atom. The van der Waals surface area contributed by atoms with E-state index in [9.17, 15) is 9.59 Å². The van der Waals surface area contributed by atoms with E-state index in [1.165, 1.54) is 6.20 Å². The van der Waals surface area contributed by atoms with Crippen molar-refractivity contribution in [2.45, 2.75) is 6.42 Å². The maximum absolute atomic E-state index is 12.4. The van der Waals surface area contributed by atoms with Crippen LogP contribution in [0.3, 0.4) is 0 Å². The number of carbonyl (C=O) groups excluding carboxylic acids is 2. The fourth-order valence-electron chi connectivity index (χ4n) is 2.19. The van der Waals surface area contributed by atoms with Gasteiger partial charge < -0.3 is 10.2 Å². The fraction of sp³-hybridized carbons (Fsp3) is 0.133. The lowest BCUT2D eigenvalue weighted by Crippen LogP contribution is -2.26. The SMILES string of the molecule is CN(C(=O)c1cnc2c(c1)CC(=O)N2)c1ccccc1. The van der Waals surface area contributed by atoms with Crippen LogP contribution in [0.4, 0.5) is 11.5 Å². The van der Waals surface area contributed by atoms with E-state index < -0.39 is 0 Å². The van der Waals surface area contributed by atoms with Gasteiger partial charge in [0.05, 0.1) is 12.0 Å². The molecular formula is C15H13N3O2. The van der Waals surface area contributed by atoms with Crippen molar-refractivity contribution in [3.05, 3.63) is 53.7 Å². The van der Waals surface area contributed by atoms with Crippen molar-refractivity contribution in [1.82, 2.24) is 4.98 Å². The molecule has 0 atom stereocenters. The molecule has 0 aliphatic carbocycles. The number of rotatable bonds is 2. The minimum Gasteiger partial charge on any atom is -0.311 e. The van der Waals surface area contributed by atoms with Crippen LogP contribution in [-0.2, 0) is 11.2 Å². The second-order valence-electron chi connectivity index (χ2n) is 4.66. The van der Waals surface area contributed by atoms with Gasteiger partial charge in [-0.25, -0.2) is 4.98 Å². The van der Waals surface area contributed by atoms with Gasteiger partial charge in [0.2, 0.25) is 5.91 Å². The normalized spacial score (nSPS) is 12.8. The molecule has 0 fully saturated rings. The van der Waals surface area contributed by atoms with Crippen LogP contribution in [0.25, 0.3) is 0 Å². The predicted molar refractivity (Wildman–Crippen MR) is 75.7 cm³/mol. The molecule has 1 aliphatic rings. The molecule has 0 bridgehead atoms. The van der Waals surface area contributed by atoms with Gasteiger partial charge in [0.15, 0.2) is 0 Å². The number of hydrogen-bond acceptors (Lipinski definition) is 3. The van der Waals surface area contributed by atoms with Crippen LogP contribution in [-0.4, -0.2) is 23.8 Å². The molecule has 1 aromatic carbocycles. The van der Waals surface area contributed by atoms with Crippen molar-refractivity contribution in [2.24, 2.45) is 0 Å². The maximum Gasteiger partial charge on any atom is 0.259 e. The molecule has 3 rings (SSSR count). The number of pyridine rings is 1. The molecular weight excluding hydrogens is 254 g/mol. The molecule has 0 unspecified atom stereocenters. The minimum atomic E-state index is -0.147. The molecule has 1 aliphatic heterocycles. The summed E-state index contributed by atoms with van der Waals surface area (Å²) in [6.45, 7) is 0. The average molecular weight is 267 g/mol. The number of anilines is 2. The molecule has 0 saturated carbocycles. The Labute approximate surface area is 116 Å². The van der Waals surface area contributed by atoms with E-state index in [2.05, 4.69) is 10.3 Å². The highest BCUT2D eigenvalue weighted by Crippen LogP contribution is 2.22. The van der Waals surface area contributed by atoms with Crippen molar-refractivity contribution >= 4 is 23.3 Å². The van der Waals surface area contributed by atoms with Crippen LogP contribution in [0.1, 0.15) is 15.9 Å². The molecule has 1 aromatic heterocycles. The molecule has 1 N–H and O–H groups in total. The zero-order valence-electron chi connectivity index (χ0n) is 11.0. The van der Waals surface area contributed by atoms with Crippen molar-refractivity contribution in [2.75, 3.05) is 17.3 Å². The fourth-order valence-corrected chi connectivity index (χ4v) is 2.19. The molecule has 20 heavy (non-hydrogen) atoms. The van der Waals surface area contributed by atoms with Gasteiger partial charge in [-0.05, 0) is 18.2 Å². The standard InChI is InChI=1S/C15H13N3O2/c1-18(12-5-3-2-4-6-12)15(20)11-7-10-8-13(19)17-14(10)16-9-11/h2-7,9H,8H2,1H3,(H,16,17,19). The van der Waals surface area contributed by atoms with Gasteiger partial charge in [-0.3, -0.25) is 9.59 Å². The number of para-hydroxylation sites is 1. The summed E-state index contributed by atoms with van der Waals surface area (Å²) in [5, 5.41) is 2.65. The highest BCUT2D eigenvalue weighted by molar-refractivity contribution is 6.06. The van der Waals surface area contributed by atoms with E-state index in [0.29, 0.717) is 11.4 Å².